The van der Waals surface area contributed by atoms with Gasteiger partial charge in [-0.15, -0.1) is 11.3 Å². The molecule has 39 heavy (non-hydrogen) atoms. The van der Waals surface area contributed by atoms with E-state index in [0.717, 1.165) is 11.3 Å². The maximum atomic E-state index is 13.4. The largest absolute Gasteiger partial charge is 0.396 e. The minimum absolute atomic E-state index is 0.0266. The number of nitrogens with zero attached hydrogens (tertiary/aromatic N) is 4. The van der Waals surface area contributed by atoms with Gasteiger partial charge in [-0.2, -0.15) is 10.5 Å². The molecule has 7 N–H and O–H groups in total. The summed E-state index contributed by atoms with van der Waals surface area (Å²) in [5, 5.41) is 44.4. The molecule has 0 fully saturated rings. The molecule has 0 aliphatic carbocycles. The predicted octanol–water partition coefficient (Wildman–Crippen LogP) is 4.57. The van der Waals surface area contributed by atoms with Crippen LogP contribution in [0.15, 0.2) is 52.9 Å². The van der Waals surface area contributed by atoms with Crippen molar-refractivity contribution in [2.75, 3.05) is 23.4 Å². The first-order valence-electron chi connectivity index (χ1n) is 11.7. The van der Waals surface area contributed by atoms with Crippen molar-refractivity contribution in [2.45, 2.75) is 29.7 Å². The lowest BCUT2D eigenvalue weighted by Crippen LogP contribution is -2.12. The maximum absolute atomic E-state index is 13.4. The number of thioether (sulfide) groups is 1. The Hall–Kier alpha value is -4.20. The fraction of sp³-hybridized carbons (Fsp3) is 0.185. The molecule has 0 aliphatic heterocycles. The summed E-state index contributed by atoms with van der Waals surface area (Å²) in [5.74, 6) is -0.0753. The third-order valence-corrected chi connectivity index (χ3v) is 7.61. The molecule has 12 heteroatoms. The summed E-state index contributed by atoms with van der Waals surface area (Å²) >= 11 is 2.64. The van der Waals surface area contributed by atoms with Gasteiger partial charge in [-0.05, 0) is 42.2 Å². The van der Waals surface area contributed by atoms with Crippen LogP contribution >= 0.6 is 23.1 Å². The van der Waals surface area contributed by atoms with Crippen molar-refractivity contribution < 1.29 is 14.6 Å². The van der Waals surface area contributed by atoms with E-state index >= 15 is 0 Å². The molecule has 0 unspecified atom stereocenters. The van der Waals surface area contributed by atoms with Gasteiger partial charge in [0.2, 0.25) is 0 Å². The number of benzene rings is 2. The van der Waals surface area contributed by atoms with Gasteiger partial charge < -0.3 is 27.0 Å². The average molecular weight is 562 g/mol. The summed E-state index contributed by atoms with van der Waals surface area (Å²) in [6.45, 7) is -0.298. The Bertz CT molecular complexity index is 1560. The molecule has 4 aromatic rings. The van der Waals surface area contributed by atoms with Crippen LogP contribution in [0.3, 0.4) is 0 Å². The summed E-state index contributed by atoms with van der Waals surface area (Å²) in [6.07, 6.45) is 0.194. The number of aryl methyl sites for hydroxylation is 1. The molecule has 9 nitrogen and oxygen atoms in total. The summed E-state index contributed by atoms with van der Waals surface area (Å²) in [7, 11) is 0. The minimum Gasteiger partial charge on any atom is -0.396 e. The Balaban J connectivity index is 1.55. The highest BCUT2D eigenvalue weighted by Gasteiger charge is 2.21. The van der Waals surface area contributed by atoms with E-state index in [1.165, 1.54) is 35.2 Å². The number of thiazole rings is 1. The first-order chi connectivity index (χ1) is 18.8. The Labute approximate surface area is 232 Å². The average Bonchev–Trinajstić information content (AvgIpc) is 3.39. The molecule has 0 aliphatic rings. The Morgan fingerprint density at radius 2 is 1.82 bits per heavy atom. The van der Waals surface area contributed by atoms with Gasteiger partial charge in [-0.3, -0.25) is 0 Å². The monoisotopic (exact) mass is 561 g/mol. The lowest BCUT2D eigenvalue weighted by molar-refractivity contribution is 0.0886. The molecule has 198 valence electrons. The van der Waals surface area contributed by atoms with E-state index in [4.69, 9.17) is 16.6 Å². The van der Waals surface area contributed by atoms with E-state index in [2.05, 4.69) is 27.4 Å². The zero-order valence-electron chi connectivity index (χ0n) is 20.6. The second kappa shape index (κ2) is 12.6. The fourth-order valence-electron chi connectivity index (χ4n) is 3.77. The van der Waals surface area contributed by atoms with Crippen LogP contribution in [-0.4, -0.2) is 32.9 Å². The van der Waals surface area contributed by atoms with Crippen LogP contribution in [-0.2, 0) is 12.2 Å². The van der Waals surface area contributed by atoms with Crippen LogP contribution < -0.4 is 16.8 Å². The van der Waals surface area contributed by atoms with Gasteiger partial charge in [0.05, 0.1) is 29.7 Å². The summed E-state index contributed by atoms with van der Waals surface area (Å²) in [6, 6.07) is 15.9. The summed E-state index contributed by atoms with van der Waals surface area (Å²) in [5.41, 5.74) is 15.5. The first kappa shape index (κ1) is 27.8. The number of halogens is 1. The predicted molar refractivity (Wildman–Crippen MR) is 151 cm³/mol. The van der Waals surface area contributed by atoms with Crippen LogP contribution in [0.2, 0.25) is 0 Å². The molecule has 0 saturated carbocycles. The summed E-state index contributed by atoms with van der Waals surface area (Å²) < 4.78 is 13.4. The normalized spacial score (nSPS) is 11.5. The Morgan fingerprint density at radius 1 is 1.08 bits per heavy atom. The zero-order valence-corrected chi connectivity index (χ0v) is 22.2. The van der Waals surface area contributed by atoms with Crippen molar-refractivity contribution in [1.82, 2.24) is 9.97 Å². The zero-order chi connectivity index (χ0) is 27.9. The highest BCUT2D eigenvalue weighted by atomic mass is 32.2. The minimum atomic E-state index is -0.786. The van der Waals surface area contributed by atoms with Gasteiger partial charge in [-0.1, -0.05) is 36.0 Å². The van der Waals surface area contributed by atoms with Gasteiger partial charge in [-0.25, -0.2) is 14.4 Å². The topological polar surface area (TPSA) is 178 Å². The van der Waals surface area contributed by atoms with Gasteiger partial charge >= 0.3 is 0 Å². The number of aliphatic hydroxyl groups is 2. The smallest absolute Gasteiger partial charge is 0.187 e. The Morgan fingerprint density at radius 3 is 2.49 bits per heavy atom. The SMILES string of the molecule is N#Cc1c(N)nc(SCc2csc(Nc3ccc(F)c(N)c3)n2)c(C#N)c1-c1ccc(CC[C@H](O)CO)cc1. The van der Waals surface area contributed by atoms with E-state index in [1.54, 1.807) is 18.2 Å². The number of rotatable bonds is 10. The van der Waals surface area contributed by atoms with Crippen LogP contribution in [0, 0.1) is 28.5 Å². The van der Waals surface area contributed by atoms with Crippen molar-refractivity contribution in [1.29, 1.82) is 10.5 Å². The maximum Gasteiger partial charge on any atom is 0.187 e. The number of aromatic nitrogens is 2. The molecule has 0 amide bonds. The van der Waals surface area contributed by atoms with E-state index in [0.29, 0.717) is 45.6 Å². The van der Waals surface area contributed by atoms with Crippen molar-refractivity contribution in [3.05, 3.63) is 76.0 Å². The van der Waals surface area contributed by atoms with Crippen molar-refractivity contribution in [3.63, 3.8) is 0 Å². The number of nitrogens with one attached hydrogen (secondary N) is 1. The van der Waals surface area contributed by atoms with Crippen LogP contribution in [0.5, 0.6) is 0 Å². The van der Waals surface area contributed by atoms with Crippen LogP contribution in [0.4, 0.5) is 26.7 Å². The fourth-order valence-corrected chi connectivity index (χ4v) is 5.50. The number of hydrogen-bond acceptors (Lipinski definition) is 11. The second-order valence-electron chi connectivity index (χ2n) is 8.52. The van der Waals surface area contributed by atoms with Crippen molar-refractivity contribution in [3.8, 4) is 23.3 Å². The number of aliphatic hydroxyl groups excluding tert-OH is 2. The molecular weight excluding hydrogens is 537 g/mol. The first-order valence-corrected chi connectivity index (χ1v) is 13.6. The van der Waals surface area contributed by atoms with E-state index in [-0.39, 0.29) is 29.2 Å². The standard InChI is InChI=1S/C27H24FN7O2S2/c28-22-8-6-17(9-23(22)31)33-27-34-18(14-39-27)13-38-26-21(11-30)24(20(10-29)25(32)35-26)16-4-1-15(2-5-16)3-7-19(37)12-36/h1-2,4-6,8-9,14,19,36-37H,3,7,12-13,31H2,(H2,32,35)(H,33,34)/t19-/m0/s1. The molecule has 2 aromatic heterocycles. The highest BCUT2D eigenvalue weighted by molar-refractivity contribution is 7.98. The van der Waals surface area contributed by atoms with E-state index in [9.17, 15) is 20.0 Å². The number of nitrogens with two attached hydrogens (primary N) is 2. The van der Waals surface area contributed by atoms with E-state index < -0.39 is 11.9 Å². The molecule has 2 heterocycles. The summed E-state index contributed by atoms with van der Waals surface area (Å²) in [4.78, 5) is 8.87. The third kappa shape index (κ3) is 6.63. The molecule has 1 atom stereocenters. The van der Waals surface area contributed by atoms with Gasteiger partial charge in [0.25, 0.3) is 0 Å². The van der Waals surface area contributed by atoms with E-state index in [1.807, 2.05) is 17.5 Å². The lowest BCUT2D eigenvalue weighted by atomic mass is 9.95. The Kier molecular flexibility index (Phi) is 8.96. The molecule has 0 spiro atoms. The second-order valence-corrected chi connectivity index (χ2v) is 10.3. The van der Waals surface area contributed by atoms with Gasteiger partial charge in [0.1, 0.15) is 34.4 Å². The molecular formula is C27H24FN7O2S2. The molecule has 0 saturated heterocycles. The van der Waals surface area contributed by atoms with Crippen LogP contribution in [0.25, 0.3) is 11.1 Å². The lowest BCUT2D eigenvalue weighted by Gasteiger charge is -2.13. The number of nitrogen functional groups attached to an aromatic ring is 2. The molecule has 0 radical (unpaired) electrons. The number of pyridine rings is 1. The third-order valence-electron chi connectivity index (χ3n) is 5.79. The van der Waals surface area contributed by atoms with Crippen molar-refractivity contribution >= 4 is 45.4 Å². The number of nitriles is 2. The van der Waals surface area contributed by atoms with Crippen LogP contribution in [0.1, 0.15) is 28.8 Å². The van der Waals surface area contributed by atoms with Gasteiger partial charge in [0, 0.05) is 22.4 Å². The number of anilines is 4. The molecule has 0 bridgehead atoms. The highest BCUT2D eigenvalue weighted by Crippen LogP contribution is 2.37. The quantitative estimate of drug-likeness (QED) is 0.136. The van der Waals surface area contributed by atoms with Crippen molar-refractivity contribution in [2.24, 2.45) is 0 Å². The molecule has 2 aromatic carbocycles. The van der Waals surface area contributed by atoms with Gasteiger partial charge in [0.15, 0.2) is 5.13 Å². The number of hydrogen-bond donors (Lipinski definition) is 5. The molecule has 4 rings (SSSR count).